The number of carboxylic acids is 2. The number of carboxylic acid groups (broad SMARTS) is 2. The molecule has 0 fully saturated rings. The minimum Gasteiger partial charge on any atom is -0.478 e. The lowest BCUT2D eigenvalue weighted by atomic mass is 10.5. The fourth-order valence-corrected chi connectivity index (χ4v) is 0.666. The van der Waals surface area contributed by atoms with Crippen LogP contribution in [0.25, 0.3) is 0 Å². The van der Waals surface area contributed by atoms with Gasteiger partial charge in [-0.3, -0.25) is 0 Å². The van der Waals surface area contributed by atoms with Gasteiger partial charge in [0, 0.05) is 24.3 Å². The molecule has 0 aliphatic heterocycles. The van der Waals surface area contributed by atoms with Crippen LogP contribution in [0.4, 0.5) is 4.39 Å². The molecule has 0 amide bonds. The van der Waals surface area contributed by atoms with E-state index in [4.69, 9.17) is 10.2 Å². The van der Waals surface area contributed by atoms with Gasteiger partial charge in [-0.05, 0) is 6.08 Å². The molecule has 126 valence electrons. The zero-order valence-electron chi connectivity index (χ0n) is 11.9. The lowest BCUT2D eigenvalue weighted by molar-refractivity contribution is -0.147. The van der Waals surface area contributed by atoms with Crippen LogP contribution in [0.3, 0.4) is 0 Å². The molecule has 23 heavy (non-hydrogen) atoms. The van der Waals surface area contributed by atoms with Gasteiger partial charge in [-0.25, -0.2) is 19.2 Å². The first kappa shape index (κ1) is 22.1. The van der Waals surface area contributed by atoms with Crippen molar-refractivity contribution in [2.24, 2.45) is 0 Å². The first-order chi connectivity index (χ1) is 10.7. The number of carbonyl (C=O) groups is 4. The summed E-state index contributed by atoms with van der Waals surface area (Å²) in [6.45, 7) is 6.41. The van der Waals surface area contributed by atoms with E-state index in [0.29, 0.717) is 18.2 Å². The normalized spacial score (nSPS) is 11.0. The molecule has 0 spiro atoms. The minimum atomic E-state index is -1.91. The average Bonchev–Trinajstić information content (AvgIpc) is 2.49. The molecule has 8 nitrogen and oxygen atoms in total. The first-order valence-corrected chi connectivity index (χ1v) is 5.79. The monoisotopic (exact) mass is 330 g/mol. The van der Waals surface area contributed by atoms with Crippen LogP contribution in [0.1, 0.15) is 0 Å². The van der Waals surface area contributed by atoms with Crippen LogP contribution >= 0.6 is 0 Å². The molecule has 0 aromatic carbocycles. The molecule has 0 heterocycles. The van der Waals surface area contributed by atoms with Gasteiger partial charge in [-0.2, -0.15) is 4.39 Å². The summed E-state index contributed by atoms with van der Waals surface area (Å²) in [5.74, 6) is -4.24. The van der Waals surface area contributed by atoms with Crippen LogP contribution < -0.4 is 0 Å². The van der Waals surface area contributed by atoms with Gasteiger partial charge in [0.1, 0.15) is 6.61 Å². The van der Waals surface area contributed by atoms with E-state index in [1.165, 1.54) is 6.08 Å². The molecule has 0 saturated carbocycles. The Morgan fingerprint density at radius 2 is 1.43 bits per heavy atom. The molecule has 0 aliphatic carbocycles. The molecule has 0 rings (SSSR count). The SMILES string of the molecule is C=CC(F)OC(=O)C=CC(=O)O.C=CCOC(=O)C=CC(=O)O. The maximum Gasteiger partial charge on any atom is 0.333 e. The number of carbonyl (C=O) groups excluding carboxylic acids is 2. The van der Waals surface area contributed by atoms with Crippen molar-refractivity contribution in [1.82, 2.24) is 0 Å². The zero-order chi connectivity index (χ0) is 18.3. The van der Waals surface area contributed by atoms with Gasteiger partial charge in [0.2, 0.25) is 0 Å². The lowest BCUT2D eigenvalue weighted by Crippen LogP contribution is -2.08. The minimum absolute atomic E-state index is 0.0861. The van der Waals surface area contributed by atoms with Crippen molar-refractivity contribution in [3.05, 3.63) is 49.6 Å². The highest BCUT2D eigenvalue weighted by molar-refractivity contribution is 5.91. The largest absolute Gasteiger partial charge is 0.478 e. The van der Waals surface area contributed by atoms with Crippen molar-refractivity contribution >= 4 is 23.9 Å². The van der Waals surface area contributed by atoms with Crippen molar-refractivity contribution in [1.29, 1.82) is 0 Å². The summed E-state index contributed by atoms with van der Waals surface area (Å²) < 4.78 is 20.6. The topological polar surface area (TPSA) is 127 Å². The maximum absolute atomic E-state index is 12.2. The van der Waals surface area contributed by atoms with Gasteiger partial charge < -0.3 is 19.7 Å². The first-order valence-electron chi connectivity index (χ1n) is 5.79. The van der Waals surface area contributed by atoms with Gasteiger partial charge in [-0.1, -0.05) is 19.2 Å². The Bertz CT molecular complexity index is 507. The van der Waals surface area contributed by atoms with Crippen LogP contribution in [0.15, 0.2) is 49.6 Å². The molecular formula is C14H15FO8. The standard InChI is InChI=1S/C7H7FO4.C7H8O4/c1-2-5(8)12-7(11)4-3-6(9)10;1-2-5-11-7(10)4-3-6(8)9/h2-5H,1H2,(H,9,10);2-4H,1,5H2,(H,8,9). The molecule has 0 aliphatic rings. The Morgan fingerprint density at radius 3 is 1.83 bits per heavy atom. The van der Waals surface area contributed by atoms with E-state index in [9.17, 15) is 23.6 Å². The number of halogens is 1. The summed E-state index contributed by atoms with van der Waals surface area (Å²) >= 11 is 0. The van der Waals surface area contributed by atoms with E-state index in [1.807, 2.05) is 0 Å². The van der Waals surface area contributed by atoms with E-state index >= 15 is 0 Å². The van der Waals surface area contributed by atoms with Crippen LogP contribution in [-0.4, -0.2) is 47.1 Å². The van der Waals surface area contributed by atoms with Gasteiger partial charge >= 0.3 is 23.9 Å². The average molecular weight is 330 g/mol. The van der Waals surface area contributed by atoms with E-state index in [0.717, 1.165) is 12.2 Å². The summed E-state index contributed by atoms with van der Waals surface area (Å²) in [6, 6.07) is 0. The molecule has 0 radical (unpaired) electrons. The van der Waals surface area contributed by atoms with Crippen LogP contribution in [0.5, 0.6) is 0 Å². The number of esters is 2. The van der Waals surface area contributed by atoms with E-state index in [1.54, 1.807) is 0 Å². The Morgan fingerprint density at radius 1 is 0.957 bits per heavy atom. The molecule has 1 atom stereocenters. The second kappa shape index (κ2) is 13.7. The fraction of sp³-hybridized carbons (Fsp3) is 0.143. The number of hydrogen-bond acceptors (Lipinski definition) is 6. The van der Waals surface area contributed by atoms with Crippen molar-refractivity contribution in [2.45, 2.75) is 6.36 Å². The van der Waals surface area contributed by atoms with Gasteiger partial charge in [0.25, 0.3) is 6.36 Å². The summed E-state index contributed by atoms with van der Waals surface area (Å²) in [5.41, 5.74) is 0. The molecule has 0 aromatic heterocycles. The summed E-state index contributed by atoms with van der Waals surface area (Å²) in [6.07, 6.45) is 2.98. The Kier molecular flexibility index (Phi) is 13.2. The summed E-state index contributed by atoms with van der Waals surface area (Å²) in [5, 5.41) is 16.1. The van der Waals surface area contributed by atoms with Gasteiger partial charge in [0.05, 0.1) is 0 Å². The highest BCUT2D eigenvalue weighted by atomic mass is 19.1. The number of hydrogen-bond donors (Lipinski definition) is 2. The van der Waals surface area contributed by atoms with Gasteiger partial charge in [0.15, 0.2) is 0 Å². The highest BCUT2D eigenvalue weighted by Gasteiger charge is 2.05. The lowest BCUT2D eigenvalue weighted by Gasteiger charge is -2.00. The quantitative estimate of drug-likeness (QED) is 0.383. The molecule has 0 aromatic rings. The maximum atomic E-state index is 12.2. The van der Waals surface area contributed by atoms with Crippen molar-refractivity contribution in [3.8, 4) is 0 Å². The molecule has 0 bridgehead atoms. The molecule has 2 N–H and O–H groups in total. The number of ether oxygens (including phenoxy) is 2. The molecule has 9 heteroatoms. The predicted octanol–water partition coefficient (Wildman–Crippen LogP) is 1.01. The number of alkyl halides is 1. The van der Waals surface area contributed by atoms with E-state index < -0.39 is 30.2 Å². The van der Waals surface area contributed by atoms with Gasteiger partial charge in [-0.15, -0.1) is 0 Å². The second-order valence-corrected chi connectivity index (χ2v) is 3.29. The fourth-order valence-electron chi connectivity index (χ4n) is 0.666. The summed E-state index contributed by atoms with van der Waals surface area (Å²) in [7, 11) is 0. The zero-order valence-corrected chi connectivity index (χ0v) is 11.9. The molecular weight excluding hydrogens is 315 g/mol. The third-order valence-electron chi connectivity index (χ3n) is 1.48. The smallest absolute Gasteiger partial charge is 0.333 e. The Hall–Kier alpha value is -3.23. The second-order valence-electron chi connectivity index (χ2n) is 3.29. The molecule has 1 unspecified atom stereocenters. The molecule has 0 saturated heterocycles. The van der Waals surface area contributed by atoms with E-state index in [2.05, 4.69) is 22.6 Å². The van der Waals surface area contributed by atoms with Crippen molar-refractivity contribution in [3.63, 3.8) is 0 Å². The Labute approximate surface area is 130 Å². The summed E-state index contributed by atoms with van der Waals surface area (Å²) in [4.78, 5) is 40.7. The Balaban J connectivity index is 0. The number of rotatable bonds is 8. The van der Waals surface area contributed by atoms with Crippen molar-refractivity contribution < 1.29 is 43.3 Å². The van der Waals surface area contributed by atoms with Crippen molar-refractivity contribution in [2.75, 3.05) is 6.61 Å². The van der Waals surface area contributed by atoms with Crippen LogP contribution in [-0.2, 0) is 28.7 Å². The predicted molar refractivity (Wildman–Crippen MR) is 75.9 cm³/mol. The van der Waals surface area contributed by atoms with E-state index in [-0.39, 0.29) is 6.61 Å². The van der Waals surface area contributed by atoms with Crippen LogP contribution in [0, 0.1) is 0 Å². The number of aliphatic carboxylic acids is 2. The third-order valence-corrected chi connectivity index (χ3v) is 1.48. The third kappa shape index (κ3) is 18.8. The van der Waals surface area contributed by atoms with Crippen LogP contribution in [0.2, 0.25) is 0 Å². The highest BCUT2D eigenvalue weighted by Crippen LogP contribution is 1.95.